The summed E-state index contributed by atoms with van der Waals surface area (Å²) in [7, 11) is 0. The van der Waals surface area contributed by atoms with Crippen molar-refractivity contribution in [3.63, 3.8) is 0 Å². The second-order valence-corrected chi connectivity index (χ2v) is 6.77. The third kappa shape index (κ3) is 3.78. The zero-order chi connectivity index (χ0) is 18.8. The smallest absolute Gasteiger partial charge is 0.246 e. The first kappa shape index (κ1) is 17.5. The fraction of sp³-hybridized carbons (Fsp3) is 0.143. The van der Waals surface area contributed by atoms with Gasteiger partial charge in [-0.05, 0) is 54.5 Å². The summed E-state index contributed by atoms with van der Waals surface area (Å²) in [6, 6.07) is 13.4. The molecule has 0 spiro atoms. The Bertz CT molecular complexity index is 994. The van der Waals surface area contributed by atoms with E-state index in [2.05, 4.69) is 5.16 Å². The van der Waals surface area contributed by atoms with Crippen LogP contribution in [0.3, 0.4) is 0 Å². The van der Waals surface area contributed by atoms with Gasteiger partial charge in [0.1, 0.15) is 11.5 Å². The topological polar surface area (TPSA) is 46.3 Å². The van der Waals surface area contributed by atoms with Gasteiger partial charge in [0, 0.05) is 28.8 Å². The third-order valence-electron chi connectivity index (χ3n) is 4.55. The number of aromatic nitrogens is 1. The molecule has 1 aliphatic heterocycles. The molecule has 136 valence electrons. The number of nitrogens with zero attached hydrogens (tertiary/aromatic N) is 2. The van der Waals surface area contributed by atoms with Crippen molar-refractivity contribution in [1.82, 2.24) is 10.1 Å². The van der Waals surface area contributed by atoms with Crippen molar-refractivity contribution in [2.45, 2.75) is 13.0 Å². The van der Waals surface area contributed by atoms with Crippen molar-refractivity contribution in [2.24, 2.45) is 0 Å². The van der Waals surface area contributed by atoms with Crippen molar-refractivity contribution in [1.29, 1.82) is 0 Å². The van der Waals surface area contributed by atoms with E-state index in [1.165, 1.54) is 18.2 Å². The zero-order valence-corrected chi connectivity index (χ0v) is 15.1. The fourth-order valence-corrected chi connectivity index (χ4v) is 3.22. The maximum atomic E-state index is 12.9. The van der Waals surface area contributed by atoms with Gasteiger partial charge in [-0.25, -0.2) is 4.39 Å². The van der Waals surface area contributed by atoms with Crippen molar-refractivity contribution in [3.8, 4) is 11.3 Å². The van der Waals surface area contributed by atoms with Crippen molar-refractivity contribution < 1.29 is 13.7 Å². The van der Waals surface area contributed by atoms with Gasteiger partial charge < -0.3 is 9.42 Å². The molecule has 2 aromatic carbocycles. The van der Waals surface area contributed by atoms with Crippen molar-refractivity contribution >= 4 is 23.6 Å². The number of carbonyl (C=O) groups is 1. The van der Waals surface area contributed by atoms with Crippen LogP contribution in [0.25, 0.3) is 17.4 Å². The lowest BCUT2D eigenvalue weighted by molar-refractivity contribution is -0.126. The fourth-order valence-electron chi connectivity index (χ4n) is 3.09. The number of carbonyl (C=O) groups excluding carboxylic acids is 1. The monoisotopic (exact) mass is 382 g/mol. The predicted molar refractivity (Wildman–Crippen MR) is 102 cm³/mol. The number of rotatable bonds is 3. The quantitative estimate of drug-likeness (QED) is 0.615. The van der Waals surface area contributed by atoms with E-state index >= 15 is 0 Å². The average molecular weight is 383 g/mol. The normalized spacial score (nSPS) is 13.8. The summed E-state index contributed by atoms with van der Waals surface area (Å²) in [4.78, 5) is 14.2. The molecule has 0 atom stereocenters. The van der Waals surface area contributed by atoms with E-state index in [9.17, 15) is 9.18 Å². The van der Waals surface area contributed by atoms with Crippen LogP contribution < -0.4 is 0 Å². The van der Waals surface area contributed by atoms with Gasteiger partial charge >= 0.3 is 0 Å². The summed E-state index contributed by atoms with van der Waals surface area (Å²) in [6.07, 6.45) is 3.85. The molecule has 1 aromatic heterocycles. The molecular weight excluding hydrogens is 367 g/mol. The first-order valence-electron chi connectivity index (χ1n) is 8.56. The molecule has 1 amide bonds. The van der Waals surface area contributed by atoms with Crippen LogP contribution in [0.1, 0.15) is 16.8 Å². The molecule has 0 saturated heterocycles. The minimum atomic E-state index is -0.301. The van der Waals surface area contributed by atoms with E-state index in [4.69, 9.17) is 16.1 Å². The van der Waals surface area contributed by atoms with Crippen LogP contribution in [0.2, 0.25) is 5.02 Å². The number of benzene rings is 2. The van der Waals surface area contributed by atoms with Gasteiger partial charge in [0.05, 0.1) is 6.54 Å². The number of hydrogen-bond acceptors (Lipinski definition) is 3. The zero-order valence-electron chi connectivity index (χ0n) is 14.4. The van der Waals surface area contributed by atoms with Crippen molar-refractivity contribution in [3.05, 3.63) is 82.3 Å². The van der Waals surface area contributed by atoms with Crippen LogP contribution in [-0.2, 0) is 17.8 Å². The third-order valence-corrected chi connectivity index (χ3v) is 4.80. The van der Waals surface area contributed by atoms with Crippen LogP contribution in [0.15, 0.2) is 59.1 Å². The Morgan fingerprint density at radius 1 is 1.15 bits per heavy atom. The molecule has 0 radical (unpaired) electrons. The highest BCUT2D eigenvalue weighted by molar-refractivity contribution is 6.30. The lowest BCUT2D eigenvalue weighted by Crippen LogP contribution is -2.34. The van der Waals surface area contributed by atoms with Crippen LogP contribution in [0, 0.1) is 5.82 Å². The maximum Gasteiger partial charge on any atom is 0.246 e. The van der Waals surface area contributed by atoms with Crippen LogP contribution in [0.5, 0.6) is 0 Å². The summed E-state index contributed by atoms with van der Waals surface area (Å²) in [5.74, 6) is 0.321. The molecule has 0 fully saturated rings. The first-order valence-corrected chi connectivity index (χ1v) is 8.94. The highest BCUT2D eigenvalue weighted by Gasteiger charge is 2.26. The van der Waals surface area contributed by atoms with Gasteiger partial charge in [-0.3, -0.25) is 4.79 Å². The number of hydrogen-bond donors (Lipinski definition) is 0. The van der Waals surface area contributed by atoms with Gasteiger partial charge in [0.15, 0.2) is 5.76 Å². The van der Waals surface area contributed by atoms with Crippen molar-refractivity contribution in [2.75, 3.05) is 6.54 Å². The summed E-state index contributed by atoms with van der Waals surface area (Å²) >= 11 is 5.94. The molecule has 3 aromatic rings. The molecule has 0 N–H and O–H groups in total. The summed E-state index contributed by atoms with van der Waals surface area (Å²) < 4.78 is 18.5. The lowest BCUT2D eigenvalue weighted by atomic mass is 10.0. The molecule has 1 aliphatic rings. The van der Waals surface area contributed by atoms with E-state index in [1.807, 2.05) is 24.3 Å². The molecule has 0 bridgehead atoms. The Morgan fingerprint density at radius 3 is 2.63 bits per heavy atom. The highest BCUT2D eigenvalue weighted by Crippen LogP contribution is 2.31. The Kier molecular flexibility index (Phi) is 4.77. The Balaban J connectivity index is 1.48. The van der Waals surface area contributed by atoms with E-state index in [1.54, 1.807) is 23.1 Å². The summed E-state index contributed by atoms with van der Waals surface area (Å²) in [6.45, 7) is 0.987. The predicted octanol–water partition coefficient (Wildman–Crippen LogP) is 4.73. The number of halogens is 2. The second kappa shape index (κ2) is 7.37. The SMILES string of the molecule is O=C(/C=C/c1ccc(F)cc1)N1CCc2c(noc2-c2ccc(Cl)cc2)C1. The summed E-state index contributed by atoms with van der Waals surface area (Å²) in [5, 5.41) is 4.81. The van der Waals surface area contributed by atoms with Gasteiger partial charge in [0.25, 0.3) is 0 Å². The lowest BCUT2D eigenvalue weighted by Gasteiger charge is -2.24. The van der Waals surface area contributed by atoms with E-state index in [0.717, 1.165) is 28.1 Å². The molecule has 4 rings (SSSR count). The molecule has 6 heteroatoms. The van der Waals surface area contributed by atoms with E-state index in [0.29, 0.717) is 24.5 Å². The molecule has 0 aliphatic carbocycles. The largest absolute Gasteiger partial charge is 0.356 e. The minimum absolute atomic E-state index is 0.110. The van der Waals surface area contributed by atoms with E-state index < -0.39 is 0 Å². The van der Waals surface area contributed by atoms with E-state index in [-0.39, 0.29) is 11.7 Å². The standard InChI is InChI=1S/C21H16ClFN2O2/c22-16-6-4-15(5-7-16)21-18-11-12-25(13-19(18)24-27-21)20(26)10-3-14-1-8-17(23)9-2-14/h1-10H,11-13H2/b10-3+. The van der Waals surface area contributed by atoms with Gasteiger partial charge in [0.2, 0.25) is 5.91 Å². The van der Waals surface area contributed by atoms with Crippen LogP contribution in [0.4, 0.5) is 4.39 Å². The van der Waals surface area contributed by atoms with Gasteiger partial charge in [-0.1, -0.05) is 28.9 Å². The average Bonchev–Trinajstić information content (AvgIpc) is 3.11. The minimum Gasteiger partial charge on any atom is -0.356 e. The Labute approximate surface area is 160 Å². The van der Waals surface area contributed by atoms with Gasteiger partial charge in [-0.15, -0.1) is 0 Å². The molecule has 2 heterocycles. The Hall–Kier alpha value is -2.92. The number of amides is 1. The second-order valence-electron chi connectivity index (χ2n) is 6.34. The summed E-state index contributed by atoms with van der Waals surface area (Å²) in [5.41, 5.74) is 3.50. The molecular formula is C21H16ClFN2O2. The van der Waals surface area contributed by atoms with Crippen LogP contribution >= 0.6 is 11.6 Å². The molecule has 4 nitrogen and oxygen atoms in total. The van der Waals surface area contributed by atoms with Crippen LogP contribution in [-0.4, -0.2) is 22.5 Å². The first-order chi connectivity index (χ1) is 13.1. The maximum absolute atomic E-state index is 12.9. The number of fused-ring (bicyclic) bond motifs is 1. The molecule has 27 heavy (non-hydrogen) atoms. The Morgan fingerprint density at radius 2 is 1.89 bits per heavy atom. The van der Waals surface area contributed by atoms with Gasteiger partial charge in [-0.2, -0.15) is 0 Å². The molecule has 0 saturated carbocycles. The highest BCUT2D eigenvalue weighted by atomic mass is 35.5. The molecule has 0 unspecified atom stereocenters.